The smallest absolute Gasteiger partial charge is 0.254 e. The first-order chi connectivity index (χ1) is 9.06. The molecule has 2 aromatic carbocycles. The maximum Gasteiger partial charge on any atom is 0.254 e. The second-order valence-electron chi connectivity index (χ2n) is 4.59. The van der Waals surface area contributed by atoms with E-state index in [2.05, 4.69) is 0 Å². The largest absolute Gasteiger partial charge is 0.394 e. The third kappa shape index (κ3) is 2.44. The molecule has 2 rings (SSSR count). The minimum atomic E-state index is -0.343. The van der Waals surface area contributed by atoms with E-state index in [1.807, 2.05) is 0 Å². The molecule has 1 atom stereocenters. The Labute approximate surface area is 111 Å². The zero-order valence-electron chi connectivity index (χ0n) is 10.9. The van der Waals surface area contributed by atoms with E-state index in [-0.39, 0.29) is 24.4 Å². The van der Waals surface area contributed by atoms with Crippen molar-refractivity contribution >= 4 is 16.7 Å². The fourth-order valence-electron chi connectivity index (χ4n) is 1.96. The van der Waals surface area contributed by atoms with Crippen LogP contribution < -0.4 is 0 Å². The van der Waals surface area contributed by atoms with Crippen LogP contribution in [0.5, 0.6) is 0 Å². The van der Waals surface area contributed by atoms with Gasteiger partial charge in [0.05, 0.1) is 12.6 Å². The molecular formula is C15H16FNO2. The second-order valence-corrected chi connectivity index (χ2v) is 4.59. The topological polar surface area (TPSA) is 40.5 Å². The van der Waals surface area contributed by atoms with Crippen LogP contribution in [-0.2, 0) is 0 Å². The normalized spacial score (nSPS) is 12.4. The molecule has 1 unspecified atom stereocenters. The summed E-state index contributed by atoms with van der Waals surface area (Å²) in [7, 11) is 1.63. The van der Waals surface area contributed by atoms with Crippen molar-refractivity contribution < 1.29 is 14.3 Å². The van der Waals surface area contributed by atoms with Crippen LogP contribution in [0.3, 0.4) is 0 Å². The number of aliphatic hydroxyl groups excluding tert-OH is 1. The molecule has 1 amide bonds. The number of carbonyl (C=O) groups excluding carboxylic acids is 1. The molecule has 0 aliphatic rings. The van der Waals surface area contributed by atoms with Crippen LogP contribution in [0.2, 0.25) is 0 Å². The Kier molecular flexibility index (Phi) is 3.81. The quantitative estimate of drug-likeness (QED) is 0.921. The number of rotatable bonds is 3. The van der Waals surface area contributed by atoms with Gasteiger partial charge in [0.2, 0.25) is 0 Å². The van der Waals surface area contributed by atoms with Gasteiger partial charge in [0.15, 0.2) is 0 Å². The maximum atomic E-state index is 13.7. The van der Waals surface area contributed by atoms with Crippen LogP contribution in [0.25, 0.3) is 10.8 Å². The molecule has 0 spiro atoms. The zero-order valence-corrected chi connectivity index (χ0v) is 10.9. The Hall–Kier alpha value is -1.94. The van der Waals surface area contributed by atoms with Crippen LogP contribution in [0.15, 0.2) is 36.4 Å². The number of aliphatic hydroxyl groups is 1. The summed E-state index contributed by atoms with van der Waals surface area (Å²) in [5, 5.41) is 10.1. The molecule has 0 saturated heterocycles. The number of fused-ring (bicyclic) bond motifs is 1. The summed E-state index contributed by atoms with van der Waals surface area (Å²) >= 11 is 0. The van der Waals surface area contributed by atoms with Gasteiger partial charge in [0.25, 0.3) is 5.91 Å². The molecule has 0 fully saturated rings. The van der Waals surface area contributed by atoms with Crippen LogP contribution in [0.4, 0.5) is 4.39 Å². The molecule has 0 saturated carbocycles. The Bertz CT molecular complexity index is 612. The number of hydrogen-bond acceptors (Lipinski definition) is 2. The number of amides is 1. The molecule has 3 nitrogen and oxygen atoms in total. The summed E-state index contributed by atoms with van der Waals surface area (Å²) in [6.45, 7) is 1.64. The van der Waals surface area contributed by atoms with E-state index in [1.165, 1.54) is 17.0 Å². The number of hydrogen-bond donors (Lipinski definition) is 1. The monoisotopic (exact) mass is 261 g/mol. The molecule has 0 aromatic heterocycles. The lowest BCUT2D eigenvalue weighted by molar-refractivity contribution is 0.0684. The van der Waals surface area contributed by atoms with Crippen LogP contribution in [0.1, 0.15) is 17.3 Å². The highest BCUT2D eigenvalue weighted by atomic mass is 19.1. The molecule has 0 bridgehead atoms. The number of carbonyl (C=O) groups is 1. The van der Waals surface area contributed by atoms with Crippen molar-refractivity contribution in [3.05, 3.63) is 47.8 Å². The van der Waals surface area contributed by atoms with Gasteiger partial charge in [-0.3, -0.25) is 4.79 Å². The van der Waals surface area contributed by atoms with Crippen LogP contribution in [-0.4, -0.2) is 35.6 Å². The van der Waals surface area contributed by atoms with Gasteiger partial charge in [0, 0.05) is 18.0 Å². The summed E-state index contributed by atoms with van der Waals surface area (Å²) in [4.78, 5) is 13.8. The summed E-state index contributed by atoms with van der Waals surface area (Å²) in [5.41, 5.74) is 0.444. The van der Waals surface area contributed by atoms with E-state index in [1.54, 1.807) is 38.2 Å². The standard InChI is InChI=1S/C15H16FNO2/c1-10(9-18)17(2)15(19)13-7-8-14(16)12-6-4-3-5-11(12)13/h3-8,10,18H,9H2,1-2H3. The lowest BCUT2D eigenvalue weighted by Crippen LogP contribution is -2.37. The third-order valence-corrected chi connectivity index (χ3v) is 3.35. The van der Waals surface area contributed by atoms with Gasteiger partial charge in [-0.15, -0.1) is 0 Å². The van der Waals surface area contributed by atoms with Crippen LogP contribution >= 0.6 is 0 Å². The van der Waals surface area contributed by atoms with E-state index >= 15 is 0 Å². The molecule has 0 aliphatic carbocycles. The Morgan fingerprint density at radius 3 is 2.53 bits per heavy atom. The fourth-order valence-corrected chi connectivity index (χ4v) is 1.96. The van der Waals surface area contributed by atoms with Gasteiger partial charge in [-0.1, -0.05) is 24.3 Å². The first-order valence-corrected chi connectivity index (χ1v) is 6.11. The van der Waals surface area contributed by atoms with Crippen molar-refractivity contribution in [2.45, 2.75) is 13.0 Å². The molecule has 0 aliphatic heterocycles. The molecule has 0 radical (unpaired) electrons. The summed E-state index contributed by atoms with van der Waals surface area (Å²) in [6.07, 6.45) is 0. The lowest BCUT2D eigenvalue weighted by atomic mass is 10.0. The van der Waals surface area contributed by atoms with Gasteiger partial charge in [0.1, 0.15) is 5.82 Å². The molecule has 4 heteroatoms. The molecule has 2 aromatic rings. The van der Waals surface area contributed by atoms with E-state index in [0.717, 1.165) is 0 Å². The average Bonchev–Trinajstić information content (AvgIpc) is 2.45. The fraction of sp³-hybridized carbons (Fsp3) is 0.267. The Balaban J connectivity index is 2.52. The minimum absolute atomic E-state index is 0.110. The second kappa shape index (κ2) is 5.36. The minimum Gasteiger partial charge on any atom is -0.394 e. The summed E-state index contributed by atoms with van der Waals surface area (Å²) < 4.78 is 13.7. The first kappa shape index (κ1) is 13.5. The van der Waals surface area contributed by atoms with E-state index in [9.17, 15) is 9.18 Å². The van der Waals surface area contributed by atoms with E-state index in [4.69, 9.17) is 5.11 Å². The summed E-state index contributed by atoms with van der Waals surface area (Å²) in [5.74, 6) is -0.567. The van der Waals surface area contributed by atoms with Crippen molar-refractivity contribution in [2.24, 2.45) is 0 Å². The van der Waals surface area contributed by atoms with Crippen molar-refractivity contribution in [2.75, 3.05) is 13.7 Å². The van der Waals surface area contributed by atoms with Crippen molar-refractivity contribution in [3.8, 4) is 0 Å². The molecule has 0 heterocycles. The van der Waals surface area contributed by atoms with Crippen molar-refractivity contribution in [1.82, 2.24) is 4.90 Å². The molecule has 19 heavy (non-hydrogen) atoms. The average molecular weight is 261 g/mol. The van der Waals surface area contributed by atoms with Gasteiger partial charge < -0.3 is 10.0 Å². The highest BCUT2D eigenvalue weighted by Crippen LogP contribution is 2.23. The number of halogens is 1. The molecule has 1 N–H and O–H groups in total. The van der Waals surface area contributed by atoms with E-state index < -0.39 is 0 Å². The number of likely N-dealkylation sites (N-methyl/N-ethyl adjacent to an activating group) is 1. The van der Waals surface area contributed by atoms with Gasteiger partial charge in [-0.05, 0) is 24.4 Å². The highest BCUT2D eigenvalue weighted by Gasteiger charge is 2.19. The number of benzene rings is 2. The lowest BCUT2D eigenvalue weighted by Gasteiger charge is -2.23. The van der Waals surface area contributed by atoms with Gasteiger partial charge in [-0.25, -0.2) is 4.39 Å². The first-order valence-electron chi connectivity index (χ1n) is 6.11. The van der Waals surface area contributed by atoms with Crippen LogP contribution in [0, 0.1) is 5.82 Å². The number of nitrogens with zero attached hydrogens (tertiary/aromatic N) is 1. The van der Waals surface area contributed by atoms with Gasteiger partial charge in [-0.2, -0.15) is 0 Å². The van der Waals surface area contributed by atoms with E-state index in [0.29, 0.717) is 16.3 Å². The predicted molar refractivity (Wildman–Crippen MR) is 72.5 cm³/mol. The van der Waals surface area contributed by atoms with Gasteiger partial charge >= 0.3 is 0 Å². The molecule has 100 valence electrons. The third-order valence-electron chi connectivity index (χ3n) is 3.35. The maximum absolute atomic E-state index is 13.7. The zero-order chi connectivity index (χ0) is 14.0. The predicted octanol–water partition coefficient (Wildman–Crippen LogP) is 2.43. The highest BCUT2D eigenvalue weighted by molar-refractivity contribution is 6.07. The molecular weight excluding hydrogens is 245 g/mol. The van der Waals surface area contributed by atoms with Crippen molar-refractivity contribution in [1.29, 1.82) is 0 Å². The Morgan fingerprint density at radius 2 is 1.89 bits per heavy atom. The SMILES string of the molecule is CC(CO)N(C)C(=O)c1ccc(F)c2ccccc12. The summed E-state index contributed by atoms with van der Waals surface area (Å²) in [6, 6.07) is 9.39. The van der Waals surface area contributed by atoms with Crippen molar-refractivity contribution in [3.63, 3.8) is 0 Å². The Morgan fingerprint density at radius 1 is 1.26 bits per heavy atom.